The van der Waals surface area contributed by atoms with Gasteiger partial charge in [-0.25, -0.2) is 8.37 Å². The standard InChI is InChI=1S/C21H39NO10SSi2.W.Y/c1-11(2)34(12(3)4)30-18-19(31-35(32-34,13(5)6)14(7)8)21(25)10-28-33(26,27)29-17(21)16(24)20(18)9-15(23)22-20;;/h11-14,16-19,24-25H,9-10H2,1-8H3,(H,22,23);;/p-1/t16?,17?,18-,19?,20+,21-;;/m0../s1. The molecule has 1 spiro atoms. The number of hydrogen-bond acceptors (Lipinski definition) is 10. The molecule has 3 aliphatic heterocycles. The molecule has 0 aromatic heterocycles. The van der Waals surface area contributed by atoms with Crippen LogP contribution in [0, 0.1) is 0 Å². The Balaban J connectivity index is 0.00000241. The molecule has 3 unspecified atom stereocenters. The summed E-state index contributed by atoms with van der Waals surface area (Å²) >= 11 is 0. The van der Waals surface area contributed by atoms with E-state index in [2.05, 4.69) is 5.32 Å². The Bertz CT molecular complexity index is 962. The summed E-state index contributed by atoms with van der Waals surface area (Å²) in [6.45, 7) is 15.5. The van der Waals surface area contributed by atoms with Crippen LogP contribution in [-0.2, 0) is 90.3 Å². The predicted octanol–water partition coefficient (Wildman–Crippen LogP) is 2.12. The summed E-state index contributed by atoms with van der Waals surface area (Å²) in [5.41, 5.74) is -3.81. The van der Waals surface area contributed by atoms with Crippen LogP contribution in [0.15, 0.2) is 0 Å². The van der Waals surface area contributed by atoms with Crippen molar-refractivity contribution >= 4 is 33.4 Å². The second kappa shape index (κ2) is 11.2. The van der Waals surface area contributed by atoms with Crippen molar-refractivity contribution in [3.8, 4) is 0 Å². The first kappa shape index (κ1) is 34.6. The van der Waals surface area contributed by atoms with E-state index in [0.717, 1.165) is 0 Å². The van der Waals surface area contributed by atoms with E-state index in [9.17, 15) is 23.4 Å². The van der Waals surface area contributed by atoms with E-state index in [1.807, 2.05) is 55.4 Å². The van der Waals surface area contributed by atoms with Gasteiger partial charge < -0.3 is 33.3 Å². The van der Waals surface area contributed by atoms with Crippen molar-refractivity contribution in [1.82, 2.24) is 0 Å². The van der Waals surface area contributed by atoms with E-state index in [1.54, 1.807) is 0 Å². The van der Waals surface area contributed by atoms with Crippen LogP contribution in [0.5, 0.6) is 0 Å². The monoisotopic (exact) mass is 825 g/mol. The fourth-order valence-corrected chi connectivity index (χ4v) is 18.4. The third kappa shape index (κ3) is 5.14. The first-order chi connectivity index (χ1) is 16.0. The summed E-state index contributed by atoms with van der Waals surface area (Å²) in [7, 11) is -10.8. The van der Waals surface area contributed by atoms with Crippen molar-refractivity contribution in [3.05, 3.63) is 5.32 Å². The van der Waals surface area contributed by atoms with Gasteiger partial charge in [0, 0.05) is 53.8 Å². The minimum absolute atomic E-state index is 0. The van der Waals surface area contributed by atoms with Gasteiger partial charge in [-0.15, -0.1) is 0 Å². The molecule has 1 amide bonds. The molecule has 211 valence electrons. The zero-order chi connectivity index (χ0) is 26.4. The van der Waals surface area contributed by atoms with Gasteiger partial charge in [0.25, 0.3) is 0 Å². The summed E-state index contributed by atoms with van der Waals surface area (Å²) in [5.74, 6) is -0.450. The quantitative estimate of drug-likeness (QED) is 0.319. The van der Waals surface area contributed by atoms with Crippen LogP contribution in [-0.4, -0.2) is 83.8 Å². The van der Waals surface area contributed by atoms with Gasteiger partial charge in [0.2, 0.25) is 0 Å². The van der Waals surface area contributed by atoms with E-state index in [0.29, 0.717) is 0 Å². The van der Waals surface area contributed by atoms with E-state index >= 15 is 0 Å². The molecule has 16 heteroatoms. The molecule has 4 rings (SSSR count). The summed E-state index contributed by atoms with van der Waals surface area (Å²) in [5, 5.41) is 27.5. The van der Waals surface area contributed by atoms with Crippen molar-refractivity contribution in [3.63, 3.8) is 0 Å². The molecule has 4 fully saturated rings. The minimum Gasteiger partial charge on any atom is -0.644 e. The molecule has 1 radical (unpaired) electrons. The van der Waals surface area contributed by atoms with Gasteiger partial charge in [-0.2, -0.15) is 8.42 Å². The molecule has 37 heavy (non-hydrogen) atoms. The first-order valence-corrected chi connectivity index (χ1v) is 17.5. The first-order valence-electron chi connectivity index (χ1n) is 12.3. The summed E-state index contributed by atoms with van der Waals surface area (Å²) in [4.78, 5) is 12.2. The van der Waals surface area contributed by atoms with Gasteiger partial charge in [-0.1, -0.05) is 55.4 Å². The number of amides is 1. The smallest absolute Gasteiger partial charge is 0.400 e. The Morgan fingerprint density at radius 2 is 1.35 bits per heavy atom. The van der Waals surface area contributed by atoms with Crippen LogP contribution in [0.25, 0.3) is 5.32 Å². The largest absolute Gasteiger partial charge is 0.644 e. The molecule has 1 saturated carbocycles. The van der Waals surface area contributed by atoms with Crippen molar-refractivity contribution in [2.24, 2.45) is 0 Å². The molecule has 3 heterocycles. The summed E-state index contributed by atoms with van der Waals surface area (Å²) < 4.78 is 55.3. The maximum absolute atomic E-state index is 12.2. The Morgan fingerprint density at radius 1 is 0.919 bits per heavy atom. The Kier molecular flexibility index (Phi) is 10.5. The van der Waals surface area contributed by atoms with Crippen LogP contribution in [0.3, 0.4) is 0 Å². The number of nitrogens with zero attached hydrogens (tertiary/aromatic N) is 1. The average Bonchev–Trinajstić information content (AvgIpc) is 2.89. The van der Waals surface area contributed by atoms with Gasteiger partial charge in [-0.3, -0.25) is 0 Å². The van der Waals surface area contributed by atoms with Crippen molar-refractivity contribution < 1.29 is 98.5 Å². The van der Waals surface area contributed by atoms with Crippen LogP contribution in [0.1, 0.15) is 61.8 Å². The Labute approximate surface area is 261 Å². The average molecular weight is 826 g/mol. The molecule has 3 saturated heterocycles. The minimum atomic E-state index is -4.48. The van der Waals surface area contributed by atoms with Gasteiger partial charge in [0.1, 0.15) is 24.4 Å². The van der Waals surface area contributed by atoms with Gasteiger partial charge in [0.05, 0.1) is 18.1 Å². The number of aliphatic hydroxyl groups is 2. The Hall–Kier alpha value is 1.37. The topological polar surface area (TPSA) is 152 Å². The third-order valence-electron chi connectivity index (χ3n) is 8.14. The zero-order valence-corrected chi connectivity index (χ0v) is 31.1. The maximum Gasteiger partial charge on any atom is 0.400 e. The maximum atomic E-state index is 12.2. The predicted molar refractivity (Wildman–Crippen MR) is 129 cm³/mol. The van der Waals surface area contributed by atoms with Gasteiger partial charge in [-0.05, 0) is 34.1 Å². The molecule has 0 aromatic rings. The SMILES string of the molecule is CC(C)[Si]1(C(C)C)OC2[C@H](O[Si](C(C)C)(C(C)C)O1)[C@@]1(CC(=O)[N-]1)C(O)C1OS(=O)(=O)OC[C@]12O.[W].[Y]. The van der Waals surface area contributed by atoms with E-state index in [1.165, 1.54) is 0 Å². The number of β-lactam (4-membered cyclic amide) rings is 1. The second-order valence-corrected chi connectivity index (χ2v) is 21.6. The Morgan fingerprint density at radius 3 is 1.76 bits per heavy atom. The fourth-order valence-electron chi connectivity index (χ4n) is 6.18. The van der Waals surface area contributed by atoms with E-state index in [-0.39, 0.29) is 82.4 Å². The zero-order valence-electron chi connectivity index (χ0n) is 22.5. The molecule has 2 N–H and O–H groups in total. The number of carbonyl (C=O) groups is 1. The molecular formula is C21H38NO10SSi2WY-. The van der Waals surface area contributed by atoms with Crippen molar-refractivity contribution in [2.75, 3.05) is 6.61 Å². The molecule has 11 nitrogen and oxygen atoms in total. The third-order valence-corrected chi connectivity index (χ3v) is 19.2. The van der Waals surface area contributed by atoms with Crippen LogP contribution >= 0.6 is 0 Å². The number of rotatable bonds is 4. The van der Waals surface area contributed by atoms with Gasteiger partial charge >= 0.3 is 27.5 Å². The molecular weight excluding hydrogens is 787 g/mol. The van der Waals surface area contributed by atoms with E-state index in [4.69, 9.17) is 21.3 Å². The van der Waals surface area contributed by atoms with Gasteiger partial charge in [0.15, 0.2) is 0 Å². The number of aliphatic hydroxyl groups excluding tert-OH is 1. The van der Waals surface area contributed by atoms with Crippen LogP contribution < -0.4 is 0 Å². The number of fused-ring (bicyclic) bond motifs is 4. The number of hydrogen-bond donors (Lipinski definition) is 2. The molecule has 6 atom stereocenters. The van der Waals surface area contributed by atoms with Crippen molar-refractivity contribution in [2.45, 2.75) is 120 Å². The second-order valence-electron chi connectivity index (χ2n) is 11.5. The normalized spacial score (nSPS) is 39.7. The molecule has 4 aliphatic rings. The summed E-state index contributed by atoms with van der Waals surface area (Å²) in [6.07, 6.45) is -5.75. The van der Waals surface area contributed by atoms with Crippen LogP contribution in [0.2, 0.25) is 22.2 Å². The molecule has 0 aromatic carbocycles. The number of carbonyl (C=O) groups excluding carboxylic acids is 1. The molecule has 1 aliphatic carbocycles. The van der Waals surface area contributed by atoms with Crippen LogP contribution in [0.4, 0.5) is 0 Å². The fraction of sp³-hybridized carbons (Fsp3) is 0.952. The molecule has 0 bridgehead atoms. The van der Waals surface area contributed by atoms with Crippen molar-refractivity contribution in [1.29, 1.82) is 0 Å². The summed E-state index contributed by atoms with van der Waals surface area (Å²) in [6, 6.07) is 0. The van der Waals surface area contributed by atoms with E-state index < -0.39 is 75.6 Å².